The lowest BCUT2D eigenvalue weighted by molar-refractivity contribution is -0.0245. The van der Waals surface area contributed by atoms with Crippen LogP contribution >= 0.6 is 0 Å². The van der Waals surface area contributed by atoms with Crippen LogP contribution in [0.15, 0.2) is 47.5 Å². The van der Waals surface area contributed by atoms with E-state index in [2.05, 4.69) is 33.0 Å². The quantitative estimate of drug-likeness (QED) is 0.843. The summed E-state index contributed by atoms with van der Waals surface area (Å²) in [5, 5.41) is 0. The Morgan fingerprint density at radius 1 is 1.17 bits per heavy atom. The van der Waals surface area contributed by atoms with Crippen LogP contribution in [0, 0.1) is 5.92 Å². The van der Waals surface area contributed by atoms with E-state index in [0.717, 1.165) is 39.1 Å². The van der Waals surface area contributed by atoms with Crippen LogP contribution in [-0.2, 0) is 17.8 Å². The fourth-order valence-corrected chi connectivity index (χ4v) is 4.30. The second-order valence-electron chi connectivity index (χ2n) is 6.95. The molecule has 4 rings (SSSR count). The highest BCUT2D eigenvalue weighted by molar-refractivity contribution is 5.12. The number of fused-ring (bicyclic) bond motifs is 1. The molecule has 2 saturated heterocycles. The highest BCUT2D eigenvalue weighted by atomic mass is 16.5. The van der Waals surface area contributed by atoms with Crippen LogP contribution in [0.1, 0.15) is 17.5 Å². The van der Waals surface area contributed by atoms with Gasteiger partial charge in [0.25, 0.3) is 0 Å². The summed E-state index contributed by atoms with van der Waals surface area (Å²) in [5.74, 6) is 0.581. The van der Waals surface area contributed by atoms with E-state index in [4.69, 9.17) is 9.15 Å². The summed E-state index contributed by atoms with van der Waals surface area (Å²) in [4.78, 5) is 9.28. The molecule has 0 N–H and O–H groups in total. The first-order valence-electron chi connectivity index (χ1n) is 8.72. The molecule has 0 aromatic carbocycles. The molecule has 2 aliphatic heterocycles. The Morgan fingerprint density at radius 2 is 2.04 bits per heavy atom. The van der Waals surface area contributed by atoms with Gasteiger partial charge in [0.2, 0.25) is 0 Å². The third kappa shape index (κ3) is 3.24. The second-order valence-corrected chi connectivity index (χ2v) is 6.95. The average molecular weight is 327 g/mol. The Hall–Kier alpha value is -1.69. The summed E-state index contributed by atoms with van der Waals surface area (Å²) in [5.41, 5.74) is 2.59. The molecule has 2 fully saturated rings. The van der Waals surface area contributed by atoms with Gasteiger partial charge in [-0.25, -0.2) is 0 Å². The van der Waals surface area contributed by atoms with Gasteiger partial charge >= 0.3 is 0 Å². The molecule has 128 valence electrons. The molecule has 0 aliphatic carbocycles. The number of nitrogens with zero attached hydrogens (tertiary/aromatic N) is 3. The highest BCUT2D eigenvalue weighted by Crippen LogP contribution is 2.34. The molecule has 5 heteroatoms. The molecule has 0 unspecified atom stereocenters. The van der Waals surface area contributed by atoms with E-state index < -0.39 is 0 Å². The third-order valence-electron chi connectivity index (χ3n) is 5.48. The minimum absolute atomic E-state index is 0.373. The molecule has 0 saturated carbocycles. The van der Waals surface area contributed by atoms with Gasteiger partial charge < -0.3 is 9.15 Å². The van der Waals surface area contributed by atoms with Gasteiger partial charge in [-0.2, -0.15) is 0 Å². The van der Waals surface area contributed by atoms with Crippen LogP contribution in [0.5, 0.6) is 0 Å². The SMILES string of the molecule is CO[C@@H]1CCN(Cc2ccoc2)[C@H]2CN(Cc3ccncc3)C[C@@H]12. The van der Waals surface area contributed by atoms with Crippen molar-refractivity contribution >= 4 is 0 Å². The van der Waals surface area contributed by atoms with Crippen LogP contribution < -0.4 is 0 Å². The van der Waals surface area contributed by atoms with Gasteiger partial charge in [-0.15, -0.1) is 0 Å². The molecule has 3 atom stereocenters. The lowest BCUT2D eigenvalue weighted by Gasteiger charge is -2.41. The Balaban J connectivity index is 1.47. The lowest BCUT2D eigenvalue weighted by Crippen LogP contribution is -2.50. The fraction of sp³-hybridized carbons (Fsp3) is 0.526. The maximum atomic E-state index is 5.81. The first-order chi connectivity index (χ1) is 11.8. The van der Waals surface area contributed by atoms with Crippen LogP contribution in [-0.4, -0.2) is 53.7 Å². The summed E-state index contributed by atoms with van der Waals surface area (Å²) in [6, 6.07) is 6.85. The van der Waals surface area contributed by atoms with Crippen molar-refractivity contribution in [3.63, 3.8) is 0 Å². The van der Waals surface area contributed by atoms with Crippen LogP contribution in [0.2, 0.25) is 0 Å². The molecule has 5 nitrogen and oxygen atoms in total. The zero-order chi connectivity index (χ0) is 16.4. The Morgan fingerprint density at radius 3 is 2.79 bits per heavy atom. The molecule has 4 heterocycles. The molecule has 2 aliphatic rings. The molecule has 0 amide bonds. The topological polar surface area (TPSA) is 41.7 Å². The molecule has 24 heavy (non-hydrogen) atoms. The van der Waals surface area contributed by atoms with Crippen LogP contribution in [0.25, 0.3) is 0 Å². The van der Waals surface area contributed by atoms with Gasteiger partial charge in [-0.3, -0.25) is 14.8 Å². The number of ether oxygens (including phenoxy) is 1. The van der Waals surface area contributed by atoms with Crippen LogP contribution in [0.3, 0.4) is 0 Å². The summed E-state index contributed by atoms with van der Waals surface area (Å²) >= 11 is 0. The summed E-state index contributed by atoms with van der Waals surface area (Å²) in [6.07, 6.45) is 8.86. The Labute approximate surface area is 143 Å². The number of methoxy groups -OCH3 is 1. The third-order valence-corrected chi connectivity index (χ3v) is 5.48. The molecular formula is C19H25N3O2. The Kier molecular flexibility index (Phi) is 4.65. The first-order valence-corrected chi connectivity index (χ1v) is 8.72. The Bertz CT molecular complexity index is 631. The number of hydrogen-bond acceptors (Lipinski definition) is 5. The van der Waals surface area contributed by atoms with E-state index in [9.17, 15) is 0 Å². The normalized spacial score (nSPS) is 28.1. The number of piperidine rings is 1. The van der Waals surface area contributed by atoms with Crippen molar-refractivity contribution in [1.82, 2.24) is 14.8 Å². The number of hydrogen-bond donors (Lipinski definition) is 0. The molecule has 0 radical (unpaired) electrons. The van der Waals surface area contributed by atoms with E-state index in [1.165, 1.54) is 11.1 Å². The minimum atomic E-state index is 0.373. The van der Waals surface area contributed by atoms with Crippen LogP contribution in [0.4, 0.5) is 0 Å². The van der Waals surface area contributed by atoms with Gasteiger partial charge in [0.15, 0.2) is 0 Å². The van der Waals surface area contributed by atoms with Crippen molar-refractivity contribution in [3.8, 4) is 0 Å². The van der Waals surface area contributed by atoms with Gasteiger partial charge in [0.05, 0.1) is 18.6 Å². The number of furan rings is 1. The molecule has 2 aromatic heterocycles. The van der Waals surface area contributed by atoms with E-state index in [-0.39, 0.29) is 0 Å². The van der Waals surface area contributed by atoms with Crippen molar-refractivity contribution in [2.24, 2.45) is 5.92 Å². The zero-order valence-electron chi connectivity index (χ0n) is 14.2. The monoisotopic (exact) mass is 327 g/mol. The molecule has 2 aromatic rings. The predicted octanol–water partition coefficient (Wildman–Crippen LogP) is 2.40. The molecule has 0 bridgehead atoms. The van der Waals surface area contributed by atoms with Gasteiger partial charge in [-0.1, -0.05) is 0 Å². The smallest absolute Gasteiger partial charge is 0.0947 e. The van der Waals surface area contributed by atoms with Crippen molar-refractivity contribution in [2.75, 3.05) is 26.7 Å². The average Bonchev–Trinajstić information content (AvgIpc) is 3.26. The van der Waals surface area contributed by atoms with E-state index in [1.54, 1.807) is 6.26 Å². The largest absolute Gasteiger partial charge is 0.472 e. The van der Waals surface area contributed by atoms with Crippen molar-refractivity contribution in [2.45, 2.75) is 31.7 Å². The number of pyridine rings is 1. The lowest BCUT2D eigenvalue weighted by atomic mass is 9.89. The summed E-state index contributed by atoms with van der Waals surface area (Å²) < 4.78 is 11.0. The standard InChI is InChI=1S/C19H25N3O2/c1-23-19-4-8-22(11-16-5-9-24-14-16)18-13-21(12-17(18)19)10-15-2-6-20-7-3-15/h2-3,5-7,9,14,17-19H,4,8,10-13H2,1H3/t17-,18+,19-/m1/s1. The summed E-state index contributed by atoms with van der Waals surface area (Å²) in [7, 11) is 1.86. The minimum Gasteiger partial charge on any atom is -0.472 e. The number of aromatic nitrogens is 1. The second kappa shape index (κ2) is 7.05. The van der Waals surface area contributed by atoms with E-state index in [0.29, 0.717) is 18.1 Å². The van der Waals surface area contributed by atoms with Gasteiger partial charge in [0, 0.05) is 69.8 Å². The molecule has 0 spiro atoms. The van der Waals surface area contributed by atoms with Gasteiger partial charge in [-0.05, 0) is 30.2 Å². The van der Waals surface area contributed by atoms with Gasteiger partial charge in [0.1, 0.15) is 0 Å². The number of likely N-dealkylation sites (tertiary alicyclic amines) is 2. The maximum absolute atomic E-state index is 5.81. The summed E-state index contributed by atoms with van der Waals surface area (Å²) in [6.45, 7) is 5.26. The zero-order valence-corrected chi connectivity index (χ0v) is 14.2. The highest BCUT2D eigenvalue weighted by Gasteiger charge is 2.44. The molecular weight excluding hydrogens is 302 g/mol. The van der Waals surface area contributed by atoms with Crippen molar-refractivity contribution < 1.29 is 9.15 Å². The predicted molar refractivity (Wildman–Crippen MR) is 91.3 cm³/mol. The maximum Gasteiger partial charge on any atom is 0.0947 e. The van der Waals surface area contributed by atoms with E-state index in [1.807, 2.05) is 25.8 Å². The van der Waals surface area contributed by atoms with Crippen molar-refractivity contribution in [3.05, 3.63) is 54.2 Å². The van der Waals surface area contributed by atoms with Crippen molar-refractivity contribution in [1.29, 1.82) is 0 Å². The van der Waals surface area contributed by atoms with E-state index >= 15 is 0 Å². The fourth-order valence-electron chi connectivity index (χ4n) is 4.30. The number of rotatable bonds is 5. The first kappa shape index (κ1) is 15.8.